The molecule has 3 N–H and O–H groups in total. The predicted octanol–water partition coefficient (Wildman–Crippen LogP) is 7.19. The van der Waals surface area contributed by atoms with E-state index in [4.69, 9.17) is 0 Å². The molecule has 0 aliphatic carbocycles. The van der Waals surface area contributed by atoms with Crippen molar-refractivity contribution in [2.45, 2.75) is 58.8 Å². The highest BCUT2D eigenvalue weighted by atomic mass is 79.9. The van der Waals surface area contributed by atoms with Crippen LogP contribution in [-0.2, 0) is 18.3 Å². The Labute approximate surface area is 294 Å². The molecule has 0 unspecified atom stereocenters. The van der Waals surface area contributed by atoms with Crippen molar-refractivity contribution in [1.82, 2.24) is 16.0 Å². The summed E-state index contributed by atoms with van der Waals surface area (Å²) in [5.74, 6) is -0.664. The van der Waals surface area contributed by atoms with Gasteiger partial charge < -0.3 is 16.0 Å². The Morgan fingerprint density at radius 3 is 1.61 bits per heavy atom. The molecule has 3 aromatic carbocycles. The number of carbonyl (C=O) groups is 2. The van der Waals surface area contributed by atoms with Crippen LogP contribution in [-0.4, -0.2) is 42.3 Å². The number of halogens is 1. The monoisotopic (exact) mass is 741 g/mol. The number of nitrogens with one attached hydrogen (secondary N) is 3. The molecule has 0 bridgehead atoms. The quantitative estimate of drug-likeness (QED) is 0.0767. The summed E-state index contributed by atoms with van der Waals surface area (Å²) in [5, 5.41) is 30.4. The van der Waals surface area contributed by atoms with E-state index in [1.807, 2.05) is 45.9 Å². The van der Waals surface area contributed by atoms with E-state index in [0.29, 0.717) is 28.6 Å². The molecule has 0 saturated carbocycles. The molecule has 0 aliphatic heterocycles. The van der Waals surface area contributed by atoms with E-state index in [0.717, 1.165) is 25.8 Å². The van der Waals surface area contributed by atoms with Crippen molar-refractivity contribution in [2.24, 2.45) is 0 Å². The van der Waals surface area contributed by atoms with Crippen molar-refractivity contribution >= 4 is 66.1 Å². The lowest BCUT2D eigenvalue weighted by Gasteiger charge is -2.07. The van der Waals surface area contributed by atoms with Crippen molar-refractivity contribution in [3.8, 4) is 0 Å². The second-order valence-corrected chi connectivity index (χ2v) is 9.17. The minimum atomic E-state index is -0.497. The molecule has 0 atom stereocenters. The van der Waals surface area contributed by atoms with Gasteiger partial charge in [-0.2, -0.15) is 27.0 Å². The second kappa shape index (κ2) is 27.8. The number of hydrogen-bond donors (Lipinski definition) is 3. The Kier molecular flexibility index (Phi) is 28.4. The third-order valence-electron chi connectivity index (χ3n) is 5.91. The van der Waals surface area contributed by atoms with Crippen molar-refractivity contribution < 1.29 is 19.4 Å². The van der Waals surface area contributed by atoms with Crippen LogP contribution in [0.15, 0.2) is 66.7 Å². The van der Waals surface area contributed by atoms with Crippen molar-refractivity contribution in [3.05, 3.63) is 115 Å². The average Bonchev–Trinajstić information content (AvgIpc) is 3.07. The number of alkyl halides is 1. The van der Waals surface area contributed by atoms with Crippen molar-refractivity contribution in [1.29, 1.82) is 0 Å². The summed E-state index contributed by atoms with van der Waals surface area (Å²) in [6.45, 7) is 9.21. The number of benzene rings is 3. The lowest BCUT2D eigenvalue weighted by Crippen LogP contribution is -2.19. The Morgan fingerprint density at radius 2 is 1.17 bits per heavy atom. The summed E-state index contributed by atoms with van der Waals surface area (Å²) in [6, 6.07) is 19.3. The van der Waals surface area contributed by atoms with E-state index in [1.54, 1.807) is 24.3 Å². The van der Waals surface area contributed by atoms with E-state index >= 15 is 0 Å². The summed E-state index contributed by atoms with van der Waals surface area (Å²) in [7, 11) is 2.98. The summed E-state index contributed by atoms with van der Waals surface area (Å²) in [6.07, 6.45) is 3.09. The Morgan fingerprint density at radius 1 is 0.717 bits per heavy atom. The molecule has 11 nitrogen and oxygen atoms in total. The summed E-state index contributed by atoms with van der Waals surface area (Å²) >= 11 is 3.15. The molecule has 46 heavy (non-hydrogen) atoms. The third kappa shape index (κ3) is 16.7. The molecular formula is C32H48BrN5O6S2. The van der Waals surface area contributed by atoms with Gasteiger partial charge in [-0.1, -0.05) is 86.1 Å². The fourth-order valence-corrected chi connectivity index (χ4v) is 4.22. The maximum atomic E-state index is 11.6. The normalized spacial score (nSPS) is 9.11. The molecule has 0 fully saturated rings. The standard InChI is InChI=1S/C19H23N3O3.C9H9BrN2O3.2C2H6.2H2S/c1-20-19(23)16-10-11-17(18(13-16)22(24)25)14-21-12-6-5-9-15-7-3-2-4-8-15;1-11-9(13)6-2-3-7(5-10)8(4-6)12(14)15;2*1-2;;/h2-4,7-8,10-11,13,21H,5-6,9,12,14H2,1H3,(H,20,23);2-4H,5H2,1H3,(H,11,13);2*1-2H3;2*1H2. The lowest BCUT2D eigenvalue weighted by atomic mass is 10.1. The number of nitro groups is 2. The van der Waals surface area contributed by atoms with Gasteiger partial charge in [0.15, 0.2) is 0 Å². The largest absolute Gasteiger partial charge is 0.355 e. The molecule has 256 valence electrons. The van der Waals surface area contributed by atoms with Crippen LogP contribution in [0.25, 0.3) is 0 Å². The molecule has 3 aromatic rings. The Hall–Kier alpha value is -3.46. The van der Waals surface area contributed by atoms with Crippen LogP contribution in [0.2, 0.25) is 0 Å². The van der Waals surface area contributed by atoms with Crippen LogP contribution >= 0.6 is 42.9 Å². The van der Waals surface area contributed by atoms with Crippen LogP contribution in [0.5, 0.6) is 0 Å². The number of nitro benzene ring substituents is 2. The van der Waals surface area contributed by atoms with Crippen molar-refractivity contribution in [3.63, 3.8) is 0 Å². The van der Waals surface area contributed by atoms with Crippen LogP contribution < -0.4 is 16.0 Å². The maximum absolute atomic E-state index is 11.6. The highest BCUT2D eigenvalue weighted by Crippen LogP contribution is 2.23. The lowest BCUT2D eigenvalue weighted by molar-refractivity contribution is -0.385. The average molecular weight is 743 g/mol. The van der Waals surface area contributed by atoms with Gasteiger partial charge in [0.2, 0.25) is 0 Å². The zero-order chi connectivity index (χ0) is 33.5. The van der Waals surface area contributed by atoms with Gasteiger partial charge >= 0.3 is 0 Å². The molecular weight excluding hydrogens is 694 g/mol. The smallest absolute Gasteiger partial charge is 0.274 e. The van der Waals surface area contributed by atoms with Crippen LogP contribution in [0.4, 0.5) is 11.4 Å². The summed E-state index contributed by atoms with van der Waals surface area (Å²) in [5.41, 5.74) is 2.96. The first-order valence-electron chi connectivity index (χ1n) is 14.5. The summed E-state index contributed by atoms with van der Waals surface area (Å²) in [4.78, 5) is 43.8. The highest BCUT2D eigenvalue weighted by molar-refractivity contribution is 9.08. The number of hydrogen-bond acceptors (Lipinski definition) is 7. The number of aryl methyl sites for hydroxylation is 1. The van der Waals surface area contributed by atoms with Gasteiger partial charge in [-0.15, -0.1) is 0 Å². The molecule has 0 heterocycles. The topological polar surface area (TPSA) is 157 Å². The van der Waals surface area contributed by atoms with E-state index < -0.39 is 9.85 Å². The van der Waals surface area contributed by atoms with E-state index in [2.05, 4.69) is 44.0 Å². The van der Waals surface area contributed by atoms with E-state index in [1.165, 1.54) is 31.8 Å². The Bertz CT molecular complexity index is 1330. The zero-order valence-electron chi connectivity index (χ0n) is 27.3. The van der Waals surface area contributed by atoms with Gasteiger partial charge in [-0.25, -0.2) is 0 Å². The molecule has 14 heteroatoms. The minimum Gasteiger partial charge on any atom is -0.355 e. The number of amides is 2. The van der Waals surface area contributed by atoms with Gasteiger partial charge in [0, 0.05) is 60.4 Å². The molecule has 0 aromatic heterocycles. The second-order valence-electron chi connectivity index (χ2n) is 8.61. The first kappa shape index (κ1) is 47.0. The zero-order valence-corrected chi connectivity index (χ0v) is 30.9. The highest BCUT2D eigenvalue weighted by Gasteiger charge is 2.17. The van der Waals surface area contributed by atoms with Gasteiger partial charge in [-0.05, 0) is 43.5 Å². The number of unbranched alkanes of at least 4 members (excludes halogenated alkanes) is 1. The molecule has 3 rings (SSSR count). The van der Waals surface area contributed by atoms with Gasteiger partial charge in [0.05, 0.1) is 9.85 Å². The first-order valence-corrected chi connectivity index (χ1v) is 15.6. The van der Waals surface area contributed by atoms with E-state index in [-0.39, 0.29) is 55.7 Å². The molecule has 0 spiro atoms. The third-order valence-corrected chi connectivity index (χ3v) is 6.52. The molecule has 0 radical (unpaired) electrons. The van der Waals surface area contributed by atoms with Gasteiger partial charge in [-0.3, -0.25) is 29.8 Å². The van der Waals surface area contributed by atoms with Gasteiger partial charge in [0.25, 0.3) is 23.2 Å². The predicted molar refractivity (Wildman–Crippen MR) is 200 cm³/mol. The first-order chi connectivity index (χ1) is 21.2. The number of nitrogens with zero attached hydrogens (tertiary/aromatic N) is 2. The molecule has 0 aliphatic rings. The fraction of sp³-hybridized carbons (Fsp3) is 0.375. The van der Waals surface area contributed by atoms with Gasteiger partial charge in [0.1, 0.15) is 0 Å². The minimum absolute atomic E-state index is 0. The SMILES string of the molecule is CC.CC.CNC(=O)c1ccc(CBr)c([N+](=O)[O-])c1.CNC(=O)c1ccc(CNCCCCc2ccccc2)c([N+](=O)[O-])c1.S.S. The molecule has 0 saturated heterocycles. The Balaban J connectivity index is -0.000000760. The fourth-order valence-electron chi connectivity index (χ4n) is 3.75. The maximum Gasteiger partial charge on any atom is 0.274 e. The number of rotatable bonds is 12. The van der Waals surface area contributed by atoms with Crippen LogP contribution in [0.3, 0.4) is 0 Å². The van der Waals surface area contributed by atoms with Crippen molar-refractivity contribution in [2.75, 3.05) is 20.6 Å². The number of carbonyl (C=O) groups excluding carboxylic acids is 2. The van der Waals surface area contributed by atoms with Crippen LogP contribution in [0.1, 0.15) is 77.9 Å². The van der Waals surface area contributed by atoms with Crippen LogP contribution in [0, 0.1) is 20.2 Å². The summed E-state index contributed by atoms with van der Waals surface area (Å²) < 4.78 is 0. The van der Waals surface area contributed by atoms with E-state index in [9.17, 15) is 29.8 Å². The molecule has 2 amide bonds.